The van der Waals surface area contributed by atoms with Crippen LogP contribution < -0.4 is 22.5 Å². The van der Waals surface area contributed by atoms with E-state index in [0.717, 1.165) is 0 Å². The molecule has 0 radical (unpaired) electrons. The van der Waals surface area contributed by atoms with Crippen LogP contribution in [0.2, 0.25) is 0 Å². The van der Waals surface area contributed by atoms with Gasteiger partial charge in [0.2, 0.25) is 0 Å². The highest BCUT2D eigenvalue weighted by Crippen LogP contribution is 1.96. The van der Waals surface area contributed by atoms with Crippen LogP contribution >= 0.6 is 0 Å². The number of hydrogen-bond donors (Lipinski definition) is 2. The minimum absolute atomic E-state index is 0. The standard InChI is InChI=1S/C7H10O5.2H3N/c1-2-3-12-5(7(10)11)4-6(8)9;;/h2,5H,1,3-4H2,(H,8,9)(H,10,11);2*1H3. The quantitative estimate of drug-likeness (QED) is 0.491. The van der Waals surface area contributed by atoms with E-state index >= 15 is 0 Å². The van der Waals surface area contributed by atoms with Crippen molar-refractivity contribution in [3.05, 3.63) is 12.7 Å². The Kier molecular flexibility index (Phi) is 12.7. The van der Waals surface area contributed by atoms with Crippen LogP contribution in [0, 0.1) is 0 Å². The van der Waals surface area contributed by atoms with Crippen molar-refractivity contribution in [2.24, 2.45) is 0 Å². The van der Waals surface area contributed by atoms with Gasteiger partial charge in [0.15, 0.2) is 0 Å². The number of carbonyl (C=O) groups excluding carboxylic acids is 2. The normalized spacial score (nSPS) is 10.3. The van der Waals surface area contributed by atoms with E-state index in [1.807, 2.05) is 0 Å². The highest BCUT2D eigenvalue weighted by atomic mass is 16.5. The van der Waals surface area contributed by atoms with Crippen LogP contribution in [0.5, 0.6) is 0 Å². The van der Waals surface area contributed by atoms with Crippen LogP contribution in [-0.2, 0) is 14.3 Å². The van der Waals surface area contributed by atoms with Crippen molar-refractivity contribution in [2.75, 3.05) is 6.61 Å². The van der Waals surface area contributed by atoms with Crippen LogP contribution in [0.15, 0.2) is 12.7 Å². The van der Waals surface area contributed by atoms with E-state index < -0.39 is 24.5 Å². The molecule has 0 saturated carbocycles. The monoisotopic (exact) mass is 208 g/mol. The van der Waals surface area contributed by atoms with E-state index in [-0.39, 0.29) is 18.9 Å². The second kappa shape index (κ2) is 9.65. The lowest BCUT2D eigenvalue weighted by atomic mass is 10.2. The van der Waals surface area contributed by atoms with Gasteiger partial charge in [0.25, 0.3) is 0 Å². The van der Waals surface area contributed by atoms with E-state index in [1.165, 1.54) is 6.08 Å². The number of quaternary nitrogens is 2. The predicted octanol–water partition coefficient (Wildman–Crippen LogP) is -1.80. The first kappa shape index (κ1) is 18.4. The molecule has 0 aliphatic carbocycles. The van der Waals surface area contributed by atoms with Crippen LogP contribution in [0.1, 0.15) is 6.42 Å². The molecule has 0 aromatic rings. The van der Waals surface area contributed by atoms with E-state index in [0.29, 0.717) is 0 Å². The Balaban J connectivity index is -0.000000605. The number of ether oxygens (including phenoxy) is 1. The van der Waals surface area contributed by atoms with E-state index in [1.54, 1.807) is 0 Å². The molecule has 0 bridgehead atoms. The van der Waals surface area contributed by atoms with Crippen molar-refractivity contribution in [3.63, 3.8) is 0 Å². The molecule has 1 atom stereocenters. The van der Waals surface area contributed by atoms with Crippen molar-refractivity contribution in [1.29, 1.82) is 0 Å². The molecule has 0 aliphatic rings. The molecular formula is C7H16N2O5. The molecule has 0 aromatic heterocycles. The minimum atomic E-state index is -1.57. The lowest BCUT2D eigenvalue weighted by Crippen LogP contribution is -2.41. The highest BCUT2D eigenvalue weighted by Gasteiger charge is 2.09. The molecular weight excluding hydrogens is 192 g/mol. The summed E-state index contributed by atoms with van der Waals surface area (Å²) in [5, 5.41) is 20.1. The van der Waals surface area contributed by atoms with Gasteiger partial charge in [0, 0.05) is 12.4 Å². The second-order valence-electron chi connectivity index (χ2n) is 2.01. The summed E-state index contributed by atoms with van der Waals surface area (Å²) in [6.45, 7) is 3.23. The molecule has 1 unspecified atom stereocenters. The van der Waals surface area contributed by atoms with Crippen LogP contribution in [0.4, 0.5) is 0 Å². The Morgan fingerprint density at radius 3 is 2.14 bits per heavy atom. The van der Waals surface area contributed by atoms with Crippen molar-refractivity contribution in [3.8, 4) is 0 Å². The molecule has 14 heavy (non-hydrogen) atoms. The van der Waals surface area contributed by atoms with Crippen molar-refractivity contribution in [2.45, 2.75) is 12.5 Å². The maximum Gasteiger partial charge on any atom is 0.102 e. The van der Waals surface area contributed by atoms with E-state index in [4.69, 9.17) is 0 Å². The van der Waals surface area contributed by atoms with Gasteiger partial charge >= 0.3 is 0 Å². The number of carboxylic acid groups (broad SMARTS) is 2. The Morgan fingerprint density at radius 1 is 1.36 bits per heavy atom. The summed E-state index contributed by atoms with van der Waals surface area (Å²) in [6, 6.07) is 0. The molecule has 8 N–H and O–H groups in total. The Morgan fingerprint density at radius 2 is 1.86 bits per heavy atom. The molecule has 0 amide bonds. The van der Waals surface area contributed by atoms with Crippen LogP contribution in [0.3, 0.4) is 0 Å². The fraction of sp³-hybridized carbons (Fsp3) is 0.429. The third-order valence-corrected chi connectivity index (χ3v) is 1.03. The first-order chi connectivity index (χ1) is 5.57. The lowest BCUT2D eigenvalue weighted by Gasteiger charge is -2.17. The SMILES string of the molecule is C=CCOC(CC(=O)[O-])C(=O)[O-].[NH4+].[NH4+]. The fourth-order valence-corrected chi connectivity index (χ4v) is 0.546. The third-order valence-electron chi connectivity index (χ3n) is 1.03. The number of aliphatic carboxylic acids is 2. The summed E-state index contributed by atoms with van der Waals surface area (Å²) in [5.74, 6) is -3.06. The summed E-state index contributed by atoms with van der Waals surface area (Å²) in [5.41, 5.74) is 0. The Bertz CT molecular complexity index is 195. The summed E-state index contributed by atoms with van der Waals surface area (Å²) in [6.07, 6.45) is -0.866. The smallest absolute Gasteiger partial charge is 0.102 e. The molecule has 0 aliphatic heterocycles. The van der Waals surface area contributed by atoms with Gasteiger partial charge < -0.3 is 36.8 Å². The van der Waals surface area contributed by atoms with Crippen molar-refractivity contribution >= 4 is 11.9 Å². The first-order valence-corrected chi connectivity index (χ1v) is 3.21. The number of hydrogen-bond acceptors (Lipinski definition) is 5. The third kappa shape index (κ3) is 8.65. The molecule has 0 aromatic carbocycles. The van der Waals surface area contributed by atoms with Gasteiger partial charge in [0.1, 0.15) is 6.10 Å². The molecule has 0 spiro atoms. The van der Waals surface area contributed by atoms with Gasteiger partial charge in [-0.2, -0.15) is 0 Å². The van der Waals surface area contributed by atoms with Crippen LogP contribution in [0.25, 0.3) is 0 Å². The zero-order chi connectivity index (χ0) is 9.56. The summed E-state index contributed by atoms with van der Waals surface area (Å²) in [7, 11) is 0. The maximum absolute atomic E-state index is 10.2. The molecule has 0 heterocycles. The average molecular weight is 208 g/mol. The van der Waals surface area contributed by atoms with Crippen LogP contribution in [-0.4, -0.2) is 24.6 Å². The van der Waals surface area contributed by atoms with Gasteiger partial charge in [-0.1, -0.05) is 6.08 Å². The molecule has 0 fully saturated rings. The first-order valence-electron chi connectivity index (χ1n) is 3.21. The summed E-state index contributed by atoms with van der Waals surface area (Å²) < 4.78 is 4.56. The molecule has 7 nitrogen and oxygen atoms in total. The lowest BCUT2D eigenvalue weighted by molar-refractivity contribution is -0.325. The number of rotatable bonds is 6. The zero-order valence-electron chi connectivity index (χ0n) is 8.32. The van der Waals surface area contributed by atoms with E-state index in [9.17, 15) is 19.8 Å². The average Bonchev–Trinajstić information content (AvgIpc) is 1.96. The maximum atomic E-state index is 10.2. The summed E-state index contributed by atoms with van der Waals surface area (Å²) in [4.78, 5) is 20.1. The molecule has 7 heteroatoms. The molecule has 0 rings (SSSR count). The van der Waals surface area contributed by atoms with Gasteiger partial charge in [-0.25, -0.2) is 0 Å². The number of carbonyl (C=O) groups is 2. The van der Waals surface area contributed by atoms with Crippen molar-refractivity contribution < 1.29 is 24.5 Å². The predicted molar refractivity (Wildman–Crippen MR) is 46.5 cm³/mol. The van der Waals surface area contributed by atoms with E-state index in [2.05, 4.69) is 11.3 Å². The topological polar surface area (TPSA) is 162 Å². The Hall–Kier alpha value is -1.44. The van der Waals surface area contributed by atoms with Gasteiger partial charge in [-0.05, 0) is 0 Å². The molecule has 0 saturated heterocycles. The fourth-order valence-electron chi connectivity index (χ4n) is 0.546. The zero-order valence-corrected chi connectivity index (χ0v) is 8.32. The minimum Gasteiger partial charge on any atom is -0.550 e. The second-order valence-corrected chi connectivity index (χ2v) is 2.01. The van der Waals surface area contributed by atoms with Gasteiger partial charge in [-0.15, -0.1) is 6.58 Å². The largest absolute Gasteiger partial charge is 0.550 e. The Labute approximate surface area is 81.5 Å². The van der Waals surface area contributed by atoms with Gasteiger partial charge in [0.05, 0.1) is 12.6 Å². The van der Waals surface area contributed by atoms with Crippen molar-refractivity contribution in [1.82, 2.24) is 12.3 Å². The van der Waals surface area contributed by atoms with Gasteiger partial charge in [-0.3, -0.25) is 0 Å². The highest BCUT2D eigenvalue weighted by molar-refractivity contribution is 5.77. The summed E-state index contributed by atoms with van der Waals surface area (Å²) >= 11 is 0. The molecule has 84 valence electrons. The number of carboxylic acids is 2.